The van der Waals surface area contributed by atoms with Crippen LogP contribution in [0.4, 0.5) is 5.69 Å². The summed E-state index contributed by atoms with van der Waals surface area (Å²) in [4.78, 5) is 0. The van der Waals surface area contributed by atoms with E-state index in [1.807, 2.05) is 30.3 Å². The molecule has 2 aromatic carbocycles. The van der Waals surface area contributed by atoms with Crippen molar-refractivity contribution in [1.82, 2.24) is 0 Å². The van der Waals surface area contributed by atoms with Gasteiger partial charge >= 0.3 is 0 Å². The van der Waals surface area contributed by atoms with Crippen LogP contribution in [-0.2, 0) is 11.2 Å². The van der Waals surface area contributed by atoms with Gasteiger partial charge in [-0.25, -0.2) is 0 Å². The molecule has 2 rings (SSSR count). The molecule has 0 heterocycles. The second kappa shape index (κ2) is 8.90. The molecule has 0 aliphatic carbocycles. The Labute approximate surface area is 132 Å². The van der Waals surface area contributed by atoms with Crippen LogP contribution < -0.4 is 10.1 Å². The molecular formula is C19H23NO2. The van der Waals surface area contributed by atoms with Crippen LogP contribution in [-0.4, -0.2) is 26.4 Å². The molecule has 116 valence electrons. The molecule has 0 amide bonds. The highest BCUT2D eigenvalue weighted by Gasteiger charge is 2.10. The van der Waals surface area contributed by atoms with E-state index < -0.39 is 0 Å². The standard InChI is InChI=1S/C19H23NO2/c1-3-13-22-15-18(14-16-7-5-4-6-8-16)20-17-9-11-19(21-2)12-10-17/h3-12,18,20H,1,13-15H2,2H3/t18-/m0/s1. The van der Waals surface area contributed by atoms with Gasteiger partial charge in [-0.1, -0.05) is 36.4 Å². The fraction of sp³-hybridized carbons (Fsp3) is 0.263. The molecule has 22 heavy (non-hydrogen) atoms. The summed E-state index contributed by atoms with van der Waals surface area (Å²) >= 11 is 0. The lowest BCUT2D eigenvalue weighted by molar-refractivity contribution is 0.151. The Kier molecular flexibility index (Phi) is 6.52. The average molecular weight is 297 g/mol. The molecule has 0 aromatic heterocycles. The predicted octanol–water partition coefficient (Wildman–Crippen LogP) is 3.92. The van der Waals surface area contributed by atoms with Crippen molar-refractivity contribution < 1.29 is 9.47 Å². The summed E-state index contributed by atoms with van der Waals surface area (Å²) in [5.74, 6) is 0.855. The van der Waals surface area contributed by atoms with E-state index in [4.69, 9.17) is 9.47 Å². The Morgan fingerprint density at radius 3 is 2.45 bits per heavy atom. The fourth-order valence-electron chi connectivity index (χ4n) is 2.27. The van der Waals surface area contributed by atoms with E-state index in [0.29, 0.717) is 13.2 Å². The Hall–Kier alpha value is -2.26. The molecule has 0 fully saturated rings. The minimum atomic E-state index is 0.204. The molecule has 0 unspecified atom stereocenters. The minimum Gasteiger partial charge on any atom is -0.497 e. The van der Waals surface area contributed by atoms with Crippen LogP contribution in [0.25, 0.3) is 0 Å². The van der Waals surface area contributed by atoms with Crippen LogP contribution in [0.2, 0.25) is 0 Å². The second-order valence-corrected chi connectivity index (χ2v) is 5.09. The van der Waals surface area contributed by atoms with Gasteiger partial charge in [-0.15, -0.1) is 6.58 Å². The van der Waals surface area contributed by atoms with Crippen molar-refractivity contribution in [3.63, 3.8) is 0 Å². The van der Waals surface area contributed by atoms with Crippen LogP contribution in [0.1, 0.15) is 5.56 Å². The number of ether oxygens (including phenoxy) is 2. The van der Waals surface area contributed by atoms with Crippen molar-refractivity contribution in [1.29, 1.82) is 0 Å². The van der Waals surface area contributed by atoms with Crippen LogP contribution in [0.5, 0.6) is 5.75 Å². The van der Waals surface area contributed by atoms with E-state index in [9.17, 15) is 0 Å². The van der Waals surface area contributed by atoms with Crippen molar-refractivity contribution in [3.8, 4) is 5.75 Å². The average Bonchev–Trinajstić information content (AvgIpc) is 2.56. The SMILES string of the molecule is C=CCOC[C@H](Cc1ccccc1)Nc1ccc(OC)cc1. The number of benzene rings is 2. The number of methoxy groups -OCH3 is 1. The normalized spacial score (nSPS) is 11.7. The highest BCUT2D eigenvalue weighted by Crippen LogP contribution is 2.17. The lowest BCUT2D eigenvalue weighted by atomic mass is 10.1. The number of hydrogen-bond acceptors (Lipinski definition) is 3. The van der Waals surface area contributed by atoms with Gasteiger partial charge in [0.2, 0.25) is 0 Å². The first-order valence-corrected chi connectivity index (χ1v) is 7.45. The minimum absolute atomic E-state index is 0.204. The molecule has 1 atom stereocenters. The largest absolute Gasteiger partial charge is 0.497 e. The summed E-state index contributed by atoms with van der Waals surface area (Å²) in [5, 5.41) is 3.52. The monoisotopic (exact) mass is 297 g/mol. The first-order valence-electron chi connectivity index (χ1n) is 7.45. The lowest BCUT2D eigenvalue weighted by Crippen LogP contribution is -2.28. The third-order valence-corrected chi connectivity index (χ3v) is 3.34. The number of anilines is 1. The summed E-state index contributed by atoms with van der Waals surface area (Å²) < 4.78 is 10.8. The van der Waals surface area contributed by atoms with Crippen LogP contribution >= 0.6 is 0 Å². The highest BCUT2D eigenvalue weighted by atomic mass is 16.5. The van der Waals surface area contributed by atoms with Gasteiger partial charge in [0.05, 0.1) is 26.4 Å². The maximum atomic E-state index is 5.63. The van der Waals surface area contributed by atoms with E-state index in [1.165, 1.54) is 5.56 Å². The summed E-state index contributed by atoms with van der Waals surface area (Å²) in [7, 11) is 1.67. The van der Waals surface area contributed by atoms with E-state index in [2.05, 4.69) is 36.2 Å². The number of rotatable bonds is 9. The Morgan fingerprint density at radius 1 is 1.09 bits per heavy atom. The molecular weight excluding hydrogens is 274 g/mol. The number of hydrogen-bond donors (Lipinski definition) is 1. The zero-order chi connectivity index (χ0) is 15.6. The molecule has 0 saturated carbocycles. The van der Waals surface area contributed by atoms with Crippen molar-refractivity contribution in [2.75, 3.05) is 25.6 Å². The third kappa shape index (κ3) is 5.26. The molecule has 3 nitrogen and oxygen atoms in total. The summed E-state index contributed by atoms with van der Waals surface area (Å²) in [6.45, 7) is 4.88. The second-order valence-electron chi connectivity index (χ2n) is 5.09. The topological polar surface area (TPSA) is 30.5 Å². The van der Waals surface area contributed by atoms with Crippen LogP contribution in [0, 0.1) is 0 Å². The molecule has 0 radical (unpaired) electrons. The van der Waals surface area contributed by atoms with Crippen molar-refractivity contribution >= 4 is 5.69 Å². The van der Waals surface area contributed by atoms with Crippen LogP contribution in [0.3, 0.4) is 0 Å². The maximum absolute atomic E-state index is 5.63. The van der Waals surface area contributed by atoms with Gasteiger partial charge in [0.15, 0.2) is 0 Å². The van der Waals surface area contributed by atoms with E-state index in [-0.39, 0.29) is 6.04 Å². The Bertz CT molecular complexity index is 551. The molecule has 2 aromatic rings. The van der Waals surface area contributed by atoms with Gasteiger partial charge in [-0.05, 0) is 36.2 Å². The van der Waals surface area contributed by atoms with E-state index >= 15 is 0 Å². The van der Waals surface area contributed by atoms with Crippen molar-refractivity contribution in [3.05, 3.63) is 72.8 Å². The van der Waals surface area contributed by atoms with Gasteiger partial charge in [0.1, 0.15) is 5.75 Å². The maximum Gasteiger partial charge on any atom is 0.119 e. The van der Waals surface area contributed by atoms with Gasteiger partial charge in [-0.2, -0.15) is 0 Å². The van der Waals surface area contributed by atoms with Crippen LogP contribution in [0.15, 0.2) is 67.3 Å². The Morgan fingerprint density at radius 2 is 1.82 bits per heavy atom. The fourth-order valence-corrected chi connectivity index (χ4v) is 2.27. The molecule has 0 bridgehead atoms. The number of nitrogens with one attached hydrogen (secondary N) is 1. The highest BCUT2D eigenvalue weighted by molar-refractivity contribution is 5.47. The first kappa shape index (κ1) is 16.1. The third-order valence-electron chi connectivity index (χ3n) is 3.34. The zero-order valence-corrected chi connectivity index (χ0v) is 13.0. The molecule has 1 N–H and O–H groups in total. The van der Waals surface area contributed by atoms with Gasteiger partial charge in [0.25, 0.3) is 0 Å². The quantitative estimate of drug-likeness (QED) is 0.562. The van der Waals surface area contributed by atoms with E-state index in [1.54, 1.807) is 13.2 Å². The lowest BCUT2D eigenvalue weighted by Gasteiger charge is -2.20. The molecule has 0 saturated heterocycles. The smallest absolute Gasteiger partial charge is 0.119 e. The van der Waals surface area contributed by atoms with Crippen molar-refractivity contribution in [2.24, 2.45) is 0 Å². The van der Waals surface area contributed by atoms with E-state index in [0.717, 1.165) is 17.9 Å². The molecule has 0 aliphatic rings. The molecule has 3 heteroatoms. The summed E-state index contributed by atoms with van der Waals surface area (Å²) in [5.41, 5.74) is 2.35. The summed E-state index contributed by atoms with van der Waals surface area (Å²) in [6.07, 6.45) is 2.68. The predicted molar refractivity (Wildman–Crippen MR) is 91.6 cm³/mol. The summed E-state index contributed by atoms with van der Waals surface area (Å²) in [6, 6.07) is 18.6. The van der Waals surface area contributed by atoms with Crippen molar-refractivity contribution in [2.45, 2.75) is 12.5 Å². The zero-order valence-electron chi connectivity index (χ0n) is 13.0. The van der Waals surface area contributed by atoms with Gasteiger partial charge in [-0.3, -0.25) is 0 Å². The van der Waals surface area contributed by atoms with Gasteiger partial charge < -0.3 is 14.8 Å². The molecule has 0 spiro atoms. The molecule has 0 aliphatic heterocycles. The van der Waals surface area contributed by atoms with Gasteiger partial charge in [0, 0.05) is 5.69 Å². The Balaban J connectivity index is 2.00. The first-order chi connectivity index (χ1) is 10.8.